The number of sulfonamides is 1. The van der Waals surface area contributed by atoms with Gasteiger partial charge in [0.1, 0.15) is 4.21 Å². The number of rotatable bonds is 7. The predicted octanol–water partition coefficient (Wildman–Crippen LogP) is 2.66. The number of hydrogen-bond donors (Lipinski definition) is 2. The van der Waals surface area contributed by atoms with Crippen molar-refractivity contribution in [1.82, 2.24) is 4.72 Å². The molecule has 0 radical (unpaired) electrons. The first-order chi connectivity index (χ1) is 10.8. The van der Waals surface area contributed by atoms with Gasteiger partial charge >= 0.3 is 0 Å². The van der Waals surface area contributed by atoms with Gasteiger partial charge in [-0.2, -0.15) is 0 Å². The smallest absolute Gasteiger partial charge is 0.269 e. The van der Waals surface area contributed by atoms with Crippen LogP contribution in [0.3, 0.4) is 0 Å². The van der Waals surface area contributed by atoms with Crippen LogP contribution in [0, 0.1) is 24.0 Å². The number of nitrogens with zero attached hydrogens (tertiary/aromatic N) is 1. The summed E-state index contributed by atoms with van der Waals surface area (Å²) in [7, 11) is -3.48. The fourth-order valence-electron chi connectivity index (χ4n) is 1.97. The molecule has 23 heavy (non-hydrogen) atoms. The first kappa shape index (κ1) is 17.4. The second-order valence-electron chi connectivity index (χ2n) is 4.95. The lowest BCUT2D eigenvalue weighted by Crippen LogP contribution is -2.28. The quantitative estimate of drug-likeness (QED) is 0.452. The molecule has 2 rings (SSSR count). The zero-order valence-electron chi connectivity index (χ0n) is 12.7. The van der Waals surface area contributed by atoms with Crippen molar-refractivity contribution in [3.63, 3.8) is 0 Å². The number of thiophene rings is 1. The highest BCUT2D eigenvalue weighted by atomic mass is 32.2. The lowest BCUT2D eigenvalue weighted by atomic mass is 10.2. The summed E-state index contributed by atoms with van der Waals surface area (Å²) in [6.45, 7) is 4.20. The summed E-state index contributed by atoms with van der Waals surface area (Å²) >= 11 is 1.22. The van der Waals surface area contributed by atoms with Gasteiger partial charge in [0.25, 0.3) is 5.69 Å². The van der Waals surface area contributed by atoms with Gasteiger partial charge in [-0.15, -0.1) is 11.3 Å². The van der Waals surface area contributed by atoms with E-state index < -0.39 is 14.9 Å². The number of aryl methyl sites for hydroxylation is 2. The Bertz CT molecular complexity index is 815. The fraction of sp³-hybridized carbons (Fsp3) is 0.286. The van der Waals surface area contributed by atoms with Crippen molar-refractivity contribution in [3.05, 3.63) is 50.9 Å². The highest BCUT2D eigenvalue weighted by Crippen LogP contribution is 2.21. The molecule has 0 aliphatic carbocycles. The molecule has 1 aromatic heterocycles. The largest absolute Gasteiger partial charge is 0.384 e. The highest BCUT2D eigenvalue weighted by molar-refractivity contribution is 7.91. The van der Waals surface area contributed by atoms with E-state index in [4.69, 9.17) is 0 Å². The third-order valence-electron chi connectivity index (χ3n) is 3.13. The van der Waals surface area contributed by atoms with Crippen molar-refractivity contribution in [2.24, 2.45) is 0 Å². The first-order valence-corrected chi connectivity index (χ1v) is 9.14. The van der Waals surface area contributed by atoms with E-state index in [9.17, 15) is 18.5 Å². The molecule has 0 aliphatic rings. The Labute approximate surface area is 138 Å². The molecule has 0 atom stereocenters. The van der Waals surface area contributed by atoms with Gasteiger partial charge in [0.05, 0.1) is 4.92 Å². The van der Waals surface area contributed by atoms with Crippen LogP contribution in [0.4, 0.5) is 11.4 Å². The Morgan fingerprint density at radius 3 is 2.48 bits per heavy atom. The number of nitro benzene ring substituents is 1. The summed E-state index contributed by atoms with van der Waals surface area (Å²) in [5.41, 5.74) is 1.50. The van der Waals surface area contributed by atoms with Crippen LogP contribution in [0.15, 0.2) is 34.5 Å². The third kappa shape index (κ3) is 4.50. The van der Waals surface area contributed by atoms with Crippen molar-refractivity contribution in [3.8, 4) is 0 Å². The van der Waals surface area contributed by atoms with Crippen molar-refractivity contribution in [2.45, 2.75) is 18.1 Å². The van der Waals surface area contributed by atoms with Gasteiger partial charge in [-0.05, 0) is 37.6 Å². The summed E-state index contributed by atoms with van der Waals surface area (Å²) in [5, 5.41) is 13.7. The lowest BCUT2D eigenvalue weighted by Gasteiger charge is -2.10. The summed E-state index contributed by atoms with van der Waals surface area (Å²) in [5.74, 6) is 0. The monoisotopic (exact) mass is 355 g/mol. The Morgan fingerprint density at radius 2 is 1.91 bits per heavy atom. The molecule has 0 amide bonds. The van der Waals surface area contributed by atoms with E-state index in [0.29, 0.717) is 10.8 Å². The Kier molecular flexibility index (Phi) is 5.34. The molecule has 7 nitrogen and oxygen atoms in total. The summed E-state index contributed by atoms with van der Waals surface area (Å²) < 4.78 is 26.9. The molecule has 0 saturated heterocycles. The average molecular weight is 355 g/mol. The van der Waals surface area contributed by atoms with Crippen molar-refractivity contribution >= 4 is 32.7 Å². The van der Waals surface area contributed by atoms with E-state index in [-0.39, 0.29) is 12.2 Å². The molecule has 2 aromatic rings. The number of non-ortho nitro benzene ring substituents is 1. The minimum absolute atomic E-state index is 0.0295. The molecule has 0 aliphatic heterocycles. The van der Waals surface area contributed by atoms with Crippen molar-refractivity contribution in [1.29, 1.82) is 0 Å². The predicted molar refractivity (Wildman–Crippen MR) is 90.6 cm³/mol. The molecule has 0 bridgehead atoms. The summed E-state index contributed by atoms with van der Waals surface area (Å²) in [6.07, 6.45) is 0. The van der Waals surface area contributed by atoms with E-state index >= 15 is 0 Å². The maximum atomic E-state index is 12.0. The highest BCUT2D eigenvalue weighted by Gasteiger charge is 2.15. The molecule has 0 unspecified atom stereocenters. The minimum Gasteiger partial charge on any atom is -0.384 e. The van der Waals surface area contributed by atoms with Crippen LogP contribution < -0.4 is 10.0 Å². The average Bonchev–Trinajstić information content (AvgIpc) is 2.92. The van der Waals surface area contributed by atoms with Crippen LogP contribution in [0.2, 0.25) is 0 Å². The molecule has 0 saturated carbocycles. The van der Waals surface area contributed by atoms with Gasteiger partial charge in [-0.3, -0.25) is 10.1 Å². The van der Waals surface area contributed by atoms with E-state index in [1.165, 1.54) is 23.5 Å². The van der Waals surface area contributed by atoms with Crippen LogP contribution in [-0.4, -0.2) is 26.4 Å². The molecular weight excluding hydrogens is 338 g/mol. The standard InChI is InChI=1S/C14H17N3O4S2/c1-10-9-12(17(18)19)4-5-13(10)15-7-8-16-23(20,21)14-6-3-11(2)22-14/h3-6,9,15-16H,7-8H2,1-2H3. The van der Waals surface area contributed by atoms with Crippen molar-refractivity contribution in [2.75, 3.05) is 18.4 Å². The summed E-state index contributed by atoms with van der Waals surface area (Å²) in [6, 6.07) is 7.84. The van der Waals surface area contributed by atoms with Gasteiger partial charge in [-0.25, -0.2) is 13.1 Å². The maximum Gasteiger partial charge on any atom is 0.269 e. The van der Waals surface area contributed by atoms with Gasteiger partial charge in [-0.1, -0.05) is 0 Å². The molecule has 2 N–H and O–H groups in total. The zero-order valence-corrected chi connectivity index (χ0v) is 14.3. The van der Waals surface area contributed by atoms with E-state index in [2.05, 4.69) is 10.0 Å². The van der Waals surface area contributed by atoms with E-state index in [1.807, 2.05) is 6.92 Å². The third-order valence-corrected chi connectivity index (χ3v) is 6.09. The molecule has 0 fully saturated rings. The number of benzene rings is 1. The van der Waals surface area contributed by atoms with E-state index in [1.54, 1.807) is 25.1 Å². The Hall–Kier alpha value is -1.97. The van der Waals surface area contributed by atoms with Gasteiger partial charge in [0.2, 0.25) is 10.0 Å². The van der Waals surface area contributed by atoms with Crippen LogP contribution >= 0.6 is 11.3 Å². The van der Waals surface area contributed by atoms with Crippen LogP contribution in [0.25, 0.3) is 0 Å². The number of nitro groups is 1. The van der Waals surface area contributed by atoms with Crippen LogP contribution in [0.5, 0.6) is 0 Å². The summed E-state index contributed by atoms with van der Waals surface area (Å²) in [4.78, 5) is 11.2. The second kappa shape index (κ2) is 7.07. The SMILES string of the molecule is Cc1ccc(S(=O)(=O)NCCNc2ccc([N+](=O)[O-])cc2C)s1. The first-order valence-electron chi connectivity index (χ1n) is 6.84. The molecule has 0 spiro atoms. The molecule has 1 heterocycles. The fourth-order valence-corrected chi connectivity index (χ4v) is 4.33. The maximum absolute atomic E-state index is 12.0. The van der Waals surface area contributed by atoms with Gasteiger partial charge in [0.15, 0.2) is 0 Å². The Balaban J connectivity index is 1.89. The van der Waals surface area contributed by atoms with Crippen molar-refractivity contribution < 1.29 is 13.3 Å². The normalized spacial score (nSPS) is 11.4. The molecule has 124 valence electrons. The number of hydrogen-bond acceptors (Lipinski definition) is 6. The van der Waals surface area contributed by atoms with Gasteiger partial charge < -0.3 is 5.32 Å². The number of nitrogens with one attached hydrogen (secondary N) is 2. The lowest BCUT2D eigenvalue weighted by molar-refractivity contribution is -0.384. The minimum atomic E-state index is -3.48. The molecule has 1 aromatic carbocycles. The Morgan fingerprint density at radius 1 is 1.17 bits per heavy atom. The van der Waals surface area contributed by atoms with Crippen LogP contribution in [0.1, 0.15) is 10.4 Å². The topological polar surface area (TPSA) is 101 Å². The second-order valence-corrected chi connectivity index (χ2v) is 8.23. The van der Waals surface area contributed by atoms with Gasteiger partial charge in [0, 0.05) is 35.8 Å². The van der Waals surface area contributed by atoms with E-state index in [0.717, 1.165) is 16.1 Å². The van der Waals surface area contributed by atoms with Crippen LogP contribution in [-0.2, 0) is 10.0 Å². The molecular formula is C14H17N3O4S2. The molecule has 9 heteroatoms. The number of anilines is 1. The zero-order chi connectivity index (χ0) is 17.0.